The molecule has 1 aromatic heterocycles. The van der Waals surface area contributed by atoms with Gasteiger partial charge < -0.3 is 35.8 Å². The highest BCUT2D eigenvalue weighted by Gasteiger charge is 2.34. The molecule has 42 heavy (non-hydrogen) atoms. The number of carbonyl (C=O) groups excluding carboxylic acids is 2. The summed E-state index contributed by atoms with van der Waals surface area (Å²) >= 11 is 0. The average Bonchev–Trinajstić information content (AvgIpc) is 3.42. The fourth-order valence-electron chi connectivity index (χ4n) is 5.05. The number of rotatable bonds is 2. The molecule has 2 amide bonds. The molecule has 3 heterocycles. The predicted molar refractivity (Wildman–Crippen MR) is 160 cm³/mol. The fraction of sp³-hybridized carbons (Fsp3) is 0.400. The highest BCUT2D eigenvalue weighted by Crippen LogP contribution is 2.31. The van der Waals surface area contributed by atoms with Crippen molar-refractivity contribution in [2.75, 3.05) is 37.4 Å². The normalized spacial score (nSPS) is 20.4. The lowest BCUT2D eigenvalue weighted by molar-refractivity contribution is -0.133. The first-order chi connectivity index (χ1) is 19.9. The number of hydrogen-bond donors (Lipinski definition) is 5. The summed E-state index contributed by atoms with van der Waals surface area (Å²) in [4.78, 5) is 37.0. The third-order valence-corrected chi connectivity index (χ3v) is 7.08. The zero-order valence-electron chi connectivity index (χ0n) is 23.1. The zero-order valence-corrected chi connectivity index (χ0v) is 23.1. The van der Waals surface area contributed by atoms with Crippen molar-refractivity contribution < 1.29 is 24.2 Å². The van der Waals surface area contributed by atoms with Crippen LogP contribution in [-0.2, 0) is 16.1 Å². The summed E-state index contributed by atoms with van der Waals surface area (Å²) in [5, 5.41) is 22.4. The van der Waals surface area contributed by atoms with E-state index in [1.807, 2.05) is 30.3 Å². The van der Waals surface area contributed by atoms with Gasteiger partial charge in [-0.25, -0.2) is 9.97 Å². The molecule has 0 saturated carbocycles. The number of ether oxygens (including phenoxy) is 2. The molecule has 2 aliphatic rings. The van der Waals surface area contributed by atoms with Gasteiger partial charge in [0.05, 0.1) is 25.8 Å². The van der Waals surface area contributed by atoms with E-state index in [1.54, 1.807) is 25.3 Å². The Morgan fingerprint density at radius 3 is 2.55 bits per heavy atom. The van der Waals surface area contributed by atoms with Crippen molar-refractivity contribution in [1.29, 1.82) is 0 Å². The van der Waals surface area contributed by atoms with Crippen LogP contribution in [0.15, 0.2) is 54.9 Å². The number of amides is 2. The quantitative estimate of drug-likeness (QED) is 0.308. The van der Waals surface area contributed by atoms with Gasteiger partial charge in [-0.15, -0.1) is 0 Å². The monoisotopic (exact) mass is 577 g/mol. The van der Waals surface area contributed by atoms with Crippen LogP contribution >= 0.6 is 0 Å². The summed E-state index contributed by atoms with van der Waals surface area (Å²) < 4.78 is 11.3. The van der Waals surface area contributed by atoms with Crippen LogP contribution in [0, 0.1) is 0 Å². The minimum absolute atomic E-state index is 0. The van der Waals surface area contributed by atoms with Crippen LogP contribution in [0.3, 0.4) is 0 Å². The van der Waals surface area contributed by atoms with E-state index in [2.05, 4.69) is 36.1 Å². The number of fused-ring (bicyclic) bond motifs is 7. The Bertz CT molecular complexity index is 1390. The first kappa shape index (κ1) is 30.5. The van der Waals surface area contributed by atoms with Gasteiger partial charge in [0.1, 0.15) is 30.6 Å². The van der Waals surface area contributed by atoms with Gasteiger partial charge in [0.15, 0.2) is 11.5 Å². The van der Waals surface area contributed by atoms with Gasteiger partial charge >= 0.3 is 0 Å². The van der Waals surface area contributed by atoms with Crippen LogP contribution in [0.2, 0.25) is 0 Å². The van der Waals surface area contributed by atoms with Crippen molar-refractivity contribution in [2.45, 2.75) is 51.9 Å². The molecule has 5 rings (SSSR count). The minimum Gasteiger partial charge on any atom is -0.493 e. The van der Waals surface area contributed by atoms with Gasteiger partial charge in [0.2, 0.25) is 11.8 Å². The summed E-state index contributed by atoms with van der Waals surface area (Å²) in [6.07, 6.45) is 1.93. The first-order valence-corrected chi connectivity index (χ1v) is 13.7. The van der Waals surface area contributed by atoms with Gasteiger partial charge in [0, 0.05) is 30.1 Å². The van der Waals surface area contributed by atoms with Crippen LogP contribution in [0.1, 0.15) is 32.8 Å². The zero-order chi connectivity index (χ0) is 28.8. The number of hydrogen-bond acceptors (Lipinski definition) is 10. The Morgan fingerprint density at radius 2 is 1.81 bits per heavy atom. The Balaban J connectivity index is 0.00000405. The van der Waals surface area contributed by atoms with Gasteiger partial charge in [-0.05, 0) is 56.1 Å². The maximum absolute atomic E-state index is 13.3. The van der Waals surface area contributed by atoms with E-state index in [1.165, 1.54) is 13.3 Å². The van der Waals surface area contributed by atoms with E-state index >= 15 is 0 Å². The maximum atomic E-state index is 13.3. The second-order valence-electron chi connectivity index (χ2n) is 10.1. The number of aliphatic hydroxyl groups is 1. The number of aliphatic hydroxyl groups excluding tert-OH is 1. The highest BCUT2D eigenvalue weighted by atomic mass is 16.5. The van der Waals surface area contributed by atoms with Crippen LogP contribution in [0.25, 0.3) is 0 Å². The number of carbonyl (C=O) groups is 2. The topological polar surface area (TPSA) is 150 Å². The van der Waals surface area contributed by atoms with Crippen molar-refractivity contribution in [3.05, 3.63) is 60.4 Å². The summed E-state index contributed by atoms with van der Waals surface area (Å²) in [5.41, 5.74) is 2.59. The standard InChI is InChI=1S/C29H35N7O5.CH4/c1-18(37)27-29(39)30-10-12-41-24-14-21(8-9-23(24)40-2)34-26-15-25(31-17-32-26)33-20-6-3-5-19(13-20)16-36-11-4-7-22(36)28(38)35-27;/h3,5-6,8-9,13-15,17-18,22,27,37H,4,7,10-12,16H2,1-2H3,(H,30,39)(H,35,38)(H2,31,32,33,34);1H4/t18-,22-,27-;/m0./s1. The van der Waals surface area contributed by atoms with Crippen molar-refractivity contribution in [2.24, 2.45) is 0 Å². The lowest BCUT2D eigenvalue weighted by atomic mass is 10.1. The van der Waals surface area contributed by atoms with Crippen LogP contribution < -0.4 is 30.7 Å². The Labute approximate surface area is 245 Å². The Hall–Kier alpha value is -4.42. The van der Waals surface area contributed by atoms with Crippen molar-refractivity contribution in [3.63, 3.8) is 0 Å². The largest absolute Gasteiger partial charge is 0.493 e. The SMILES string of the molecule is C.COc1ccc2cc1OCCNC(=O)[C@H]([C@H](C)O)NC(=O)[C@@H]1CCCN1Cc1cccc(c1)Nc1cc(ncn1)N2. The van der Waals surface area contributed by atoms with E-state index in [-0.39, 0.29) is 26.5 Å². The third kappa shape index (κ3) is 7.45. The van der Waals surface area contributed by atoms with Gasteiger partial charge in [-0.2, -0.15) is 0 Å². The Morgan fingerprint density at radius 1 is 1.05 bits per heavy atom. The summed E-state index contributed by atoms with van der Waals surface area (Å²) in [5.74, 6) is 1.43. The van der Waals surface area contributed by atoms with Crippen molar-refractivity contribution >= 4 is 34.8 Å². The number of anilines is 4. The predicted octanol–water partition coefficient (Wildman–Crippen LogP) is 2.95. The van der Waals surface area contributed by atoms with E-state index in [0.29, 0.717) is 36.1 Å². The molecule has 0 unspecified atom stereocenters. The Kier molecular flexibility index (Phi) is 10.2. The molecular weight excluding hydrogens is 538 g/mol. The average molecular weight is 578 g/mol. The van der Waals surface area contributed by atoms with E-state index in [0.717, 1.165) is 29.9 Å². The minimum atomic E-state index is -1.09. The number of methoxy groups -OCH3 is 1. The van der Waals surface area contributed by atoms with E-state index in [4.69, 9.17) is 9.47 Å². The first-order valence-electron chi connectivity index (χ1n) is 13.7. The molecular formula is C30H39N7O5. The molecule has 2 aromatic carbocycles. The second kappa shape index (κ2) is 14.0. The van der Waals surface area contributed by atoms with Crippen LogP contribution in [0.4, 0.5) is 23.0 Å². The third-order valence-electron chi connectivity index (χ3n) is 7.08. The second-order valence-corrected chi connectivity index (χ2v) is 10.1. The lowest BCUT2D eigenvalue weighted by Crippen LogP contribution is -2.56. The molecule has 224 valence electrons. The van der Waals surface area contributed by atoms with Crippen molar-refractivity contribution in [1.82, 2.24) is 25.5 Å². The van der Waals surface area contributed by atoms with Crippen LogP contribution in [-0.4, -0.2) is 76.8 Å². The number of nitrogens with zero attached hydrogens (tertiary/aromatic N) is 3. The molecule has 0 radical (unpaired) electrons. The smallest absolute Gasteiger partial charge is 0.245 e. The molecule has 5 N–H and O–H groups in total. The number of benzene rings is 2. The summed E-state index contributed by atoms with van der Waals surface area (Å²) in [6, 6.07) is 13.6. The molecule has 1 fully saturated rings. The molecule has 0 spiro atoms. The summed E-state index contributed by atoms with van der Waals surface area (Å²) in [6.45, 7) is 3.10. The van der Waals surface area contributed by atoms with Gasteiger partial charge in [-0.3, -0.25) is 14.5 Å². The molecule has 3 aromatic rings. The maximum Gasteiger partial charge on any atom is 0.245 e. The van der Waals surface area contributed by atoms with Gasteiger partial charge in [-0.1, -0.05) is 19.6 Å². The summed E-state index contributed by atoms with van der Waals surface area (Å²) in [7, 11) is 1.55. The van der Waals surface area contributed by atoms with Crippen LogP contribution in [0.5, 0.6) is 11.5 Å². The van der Waals surface area contributed by atoms with Crippen molar-refractivity contribution in [3.8, 4) is 11.5 Å². The highest BCUT2D eigenvalue weighted by molar-refractivity contribution is 5.90. The molecule has 0 aliphatic carbocycles. The van der Waals surface area contributed by atoms with E-state index < -0.39 is 24.1 Å². The number of aromatic nitrogens is 2. The fourth-order valence-corrected chi connectivity index (χ4v) is 5.05. The lowest BCUT2D eigenvalue weighted by Gasteiger charge is -2.27. The van der Waals surface area contributed by atoms with E-state index in [9.17, 15) is 14.7 Å². The van der Waals surface area contributed by atoms with Gasteiger partial charge in [0.25, 0.3) is 0 Å². The number of nitrogens with one attached hydrogen (secondary N) is 4. The molecule has 6 bridgehead atoms. The molecule has 12 nitrogen and oxygen atoms in total. The molecule has 1 saturated heterocycles. The molecule has 12 heteroatoms. The molecule has 3 atom stereocenters. The molecule has 2 aliphatic heterocycles.